The van der Waals surface area contributed by atoms with Gasteiger partial charge in [0.2, 0.25) is 23.6 Å². The van der Waals surface area contributed by atoms with Crippen molar-refractivity contribution < 1.29 is 33.9 Å². The van der Waals surface area contributed by atoms with Crippen molar-refractivity contribution in [1.82, 2.24) is 21.4 Å². The fourth-order valence-corrected chi connectivity index (χ4v) is 4.81. The molecule has 1 aromatic rings. The van der Waals surface area contributed by atoms with Gasteiger partial charge in [-0.05, 0) is 57.7 Å². The number of nitrogens with one attached hydrogen (secondary N) is 4. The molecule has 0 unspecified atom stereocenters. The number of fused-ring (bicyclic) bond motifs is 11. The van der Waals surface area contributed by atoms with Crippen LogP contribution in [-0.4, -0.2) is 66.8 Å². The molecule has 0 radical (unpaired) electrons. The van der Waals surface area contributed by atoms with Crippen molar-refractivity contribution in [2.24, 2.45) is 11.8 Å². The van der Waals surface area contributed by atoms with Crippen LogP contribution in [0.5, 0.6) is 5.75 Å². The molecule has 0 aromatic heterocycles. The van der Waals surface area contributed by atoms with Crippen LogP contribution < -0.4 is 26.2 Å². The second-order valence-electron chi connectivity index (χ2n) is 11.5. The molecule has 0 saturated carbocycles. The number of amides is 4. The van der Waals surface area contributed by atoms with E-state index in [2.05, 4.69) is 22.9 Å². The number of hydrogen-bond acceptors (Lipinski definition) is 7. The number of carbonyl (C=O) groups is 4. The predicted molar refractivity (Wildman–Crippen MR) is 154 cm³/mol. The van der Waals surface area contributed by atoms with Crippen LogP contribution in [0.4, 0.5) is 0 Å². The highest BCUT2D eigenvalue weighted by Crippen LogP contribution is 2.26. The molecule has 3 rings (SSSR count). The van der Waals surface area contributed by atoms with Gasteiger partial charge in [0, 0.05) is 19.4 Å². The van der Waals surface area contributed by atoms with Crippen molar-refractivity contribution >= 4 is 23.6 Å². The van der Waals surface area contributed by atoms with Crippen LogP contribution >= 0.6 is 0 Å². The Morgan fingerprint density at radius 3 is 2.44 bits per heavy atom. The van der Waals surface area contributed by atoms with E-state index >= 15 is 0 Å². The van der Waals surface area contributed by atoms with E-state index < -0.39 is 53.1 Å². The molecule has 2 heterocycles. The van der Waals surface area contributed by atoms with Gasteiger partial charge in [-0.3, -0.25) is 24.4 Å². The summed E-state index contributed by atoms with van der Waals surface area (Å²) >= 11 is 0. The largest absolute Gasteiger partial charge is 0.494 e. The van der Waals surface area contributed by atoms with Crippen molar-refractivity contribution in [2.75, 3.05) is 20.3 Å². The first-order chi connectivity index (χ1) is 19.5. The lowest BCUT2D eigenvalue weighted by Gasteiger charge is -2.29. The fourth-order valence-electron chi connectivity index (χ4n) is 4.81. The third-order valence-corrected chi connectivity index (χ3v) is 7.12. The topological polar surface area (TPSA) is 155 Å². The highest BCUT2D eigenvalue weighted by molar-refractivity contribution is 5.94. The van der Waals surface area contributed by atoms with Gasteiger partial charge in [-0.25, -0.2) is 5.48 Å². The van der Waals surface area contributed by atoms with Gasteiger partial charge in [-0.2, -0.15) is 0 Å². The van der Waals surface area contributed by atoms with Crippen molar-refractivity contribution in [3.63, 3.8) is 0 Å². The van der Waals surface area contributed by atoms with Crippen molar-refractivity contribution in [3.8, 4) is 5.75 Å². The molecule has 1 aromatic carbocycles. The molecule has 0 spiro atoms. The van der Waals surface area contributed by atoms with Crippen molar-refractivity contribution in [1.29, 1.82) is 0 Å². The molecular formula is C30H48N4O7. The van der Waals surface area contributed by atoms with E-state index in [4.69, 9.17) is 9.47 Å². The number of carbonyl (C=O) groups excluding carboxylic acids is 4. The number of rotatable bonds is 11. The molecule has 4 amide bonds. The average Bonchev–Trinajstić information content (AvgIpc) is 2.94. The van der Waals surface area contributed by atoms with Crippen LogP contribution in [0.2, 0.25) is 0 Å². The predicted octanol–water partition coefficient (Wildman–Crippen LogP) is 2.64. The zero-order valence-corrected chi connectivity index (χ0v) is 25.1. The second-order valence-corrected chi connectivity index (χ2v) is 11.5. The number of likely N-dealkylation sites (N-methyl/N-ethyl adjacent to an activating group) is 1. The maximum Gasteiger partial charge on any atom is 0.247 e. The summed E-state index contributed by atoms with van der Waals surface area (Å²) in [5.74, 6) is -3.00. The van der Waals surface area contributed by atoms with Crippen LogP contribution in [0.15, 0.2) is 24.3 Å². The quantitative estimate of drug-likeness (QED) is 0.154. The van der Waals surface area contributed by atoms with Crippen LogP contribution in [0, 0.1) is 11.8 Å². The van der Waals surface area contributed by atoms with E-state index in [9.17, 15) is 24.4 Å². The van der Waals surface area contributed by atoms with Gasteiger partial charge < -0.3 is 25.4 Å². The molecule has 2 aliphatic heterocycles. The van der Waals surface area contributed by atoms with Gasteiger partial charge in [0.15, 0.2) is 0 Å². The summed E-state index contributed by atoms with van der Waals surface area (Å²) in [5, 5.41) is 17.6. The standard InChI is InChI=1S/C30H48N4O7/c1-6-7-8-9-11-22-23(27(36)34-39)12-10-17-40-21-15-13-20(14-16-21)18-24(32-26(22)35)29(38)33-25(28(37)31-5)19-41-30(2,3)4/h13-16,22-25,39H,6-12,17-19H2,1-5H3,(H,31,37)(H,32,35)(H,33,38)(H,34,36)/t22-,23+,24+,25-/m1/s1. The maximum atomic E-state index is 13.8. The number of ether oxygens (including phenoxy) is 2. The summed E-state index contributed by atoms with van der Waals surface area (Å²) < 4.78 is 11.6. The molecule has 2 bridgehead atoms. The highest BCUT2D eigenvalue weighted by Gasteiger charge is 2.36. The Balaban J connectivity index is 2.40. The minimum absolute atomic E-state index is 0.0551. The van der Waals surface area contributed by atoms with Gasteiger partial charge in [0.25, 0.3) is 0 Å². The molecule has 0 saturated heterocycles. The van der Waals surface area contributed by atoms with E-state index in [1.165, 1.54) is 7.05 Å². The summed E-state index contributed by atoms with van der Waals surface area (Å²) in [6.07, 6.45) is 5.01. The number of unbranched alkanes of at least 4 members (excludes halogenated alkanes) is 3. The van der Waals surface area contributed by atoms with E-state index in [-0.39, 0.29) is 13.0 Å². The number of benzene rings is 1. The third kappa shape index (κ3) is 11.7. The molecule has 5 N–H and O–H groups in total. The SMILES string of the molecule is CCCCCC[C@H]1C(=O)N[C@H](C(=O)N[C@H](COC(C)(C)C)C(=O)NC)Cc2ccc(cc2)OCCC[C@@H]1C(=O)NO. The molecule has 41 heavy (non-hydrogen) atoms. The van der Waals surface area contributed by atoms with Crippen molar-refractivity contribution in [2.45, 2.75) is 96.7 Å². The Labute approximate surface area is 243 Å². The van der Waals surface area contributed by atoms with Crippen LogP contribution in [0.25, 0.3) is 0 Å². The Morgan fingerprint density at radius 1 is 1.12 bits per heavy atom. The van der Waals surface area contributed by atoms with Gasteiger partial charge in [-0.15, -0.1) is 0 Å². The molecular weight excluding hydrogens is 528 g/mol. The maximum absolute atomic E-state index is 13.8. The normalized spacial score (nSPS) is 20.6. The van der Waals surface area contributed by atoms with Gasteiger partial charge in [0.05, 0.1) is 24.7 Å². The zero-order chi connectivity index (χ0) is 30.4. The summed E-state index contributed by atoms with van der Waals surface area (Å²) in [5.41, 5.74) is 1.97. The minimum Gasteiger partial charge on any atom is -0.494 e. The highest BCUT2D eigenvalue weighted by atomic mass is 16.5. The number of hydrogen-bond donors (Lipinski definition) is 5. The van der Waals surface area contributed by atoms with Gasteiger partial charge in [0.1, 0.15) is 17.8 Å². The van der Waals surface area contributed by atoms with Gasteiger partial charge >= 0.3 is 0 Å². The Morgan fingerprint density at radius 2 is 1.83 bits per heavy atom. The number of hydroxylamine groups is 1. The minimum atomic E-state index is -1.03. The zero-order valence-electron chi connectivity index (χ0n) is 25.1. The molecule has 0 aliphatic carbocycles. The smallest absolute Gasteiger partial charge is 0.247 e. The molecule has 4 atom stereocenters. The molecule has 0 fully saturated rings. The molecule has 11 heteroatoms. The Kier molecular flexibility index (Phi) is 14.1. The summed E-state index contributed by atoms with van der Waals surface area (Å²) in [6.45, 7) is 7.92. The van der Waals surface area contributed by atoms with Crippen molar-refractivity contribution in [3.05, 3.63) is 29.8 Å². The Bertz CT molecular complexity index is 994. The van der Waals surface area contributed by atoms with E-state index in [0.717, 1.165) is 31.2 Å². The van der Waals surface area contributed by atoms with E-state index in [1.54, 1.807) is 17.6 Å². The Hall–Kier alpha value is -3.18. The van der Waals surface area contributed by atoms with E-state index in [0.29, 0.717) is 31.6 Å². The lowest BCUT2D eigenvalue weighted by molar-refractivity contribution is -0.142. The fraction of sp³-hybridized carbons (Fsp3) is 0.667. The van der Waals surface area contributed by atoms with Crippen LogP contribution in [0.1, 0.15) is 78.2 Å². The summed E-state index contributed by atoms with van der Waals surface area (Å²) in [4.78, 5) is 52.7. The monoisotopic (exact) mass is 576 g/mol. The lowest BCUT2D eigenvalue weighted by Crippen LogP contribution is -2.57. The molecule has 2 aliphatic rings. The first-order valence-corrected chi connectivity index (χ1v) is 14.6. The van der Waals surface area contributed by atoms with Crippen LogP contribution in [0.3, 0.4) is 0 Å². The summed E-state index contributed by atoms with van der Waals surface area (Å²) in [7, 11) is 1.47. The second kappa shape index (κ2) is 16.9. The van der Waals surface area contributed by atoms with Crippen LogP contribution in [-0.2, 0) is 30.3 Å². The third-order valence-electron chi connectivity index (χ3n) is 7.12. The first-order valence-electron chi connectivity index (χ1n) is 14.6. The average molecular weight is 577 g/mol. The molecule has 11 nitrogen and oxygen atoms in total. The lowest BCUT2D eigenvalue weighted by atomic mass is 9.82. The van der Waals surface area contributed by atoms with E-state index in [1.807, 2.05) is 32.9 Å². The molecule has 230 valence electrons. The first kappa shape index (κ1) is 34.0. The summed E-state index contributed by atoms with van der Waals surface area (Å²) in [6, 6.07) is 5.22. The van der Waals surface area contributed by atoms with Gasteiger partial charge in [-0.1, -0.05) is 44.7 Å².